The van der Waals surface area contributed by atoms with Crippen molar-refractivity contribution in [1.82, 2.24) is 0 Å². The second kappa shape index (κ2) is 7.80. The van der Waals surface area contributed by atoms with Crippen molar-refractivity contribution in [3.05, 3.63) is 69.5 Å². The molecule has 1 aromatic heterocycles. The third kappa shape index (κ3) is 3.83. The molecule has 0 radical (unpaired) electrons. The molecule has 1 aliphatic rings. The molecule has 0 saturated heterocycles. The fraction of sp³-hybridized carbons (Fsp3) is 0.304. The molecule has 4 rings (SSSR count). The Hall–Kier alpha value is -2.59. The Morgan fingerprint density at radius 1 is 1.14 bits per heavy atom. The lowest BCUT2D eigenvalue weighted by Crippen LogP contribution is -2.24. The molecule has 144 valence electrons. The van der Waals surface area contributed by atoms with Gasteiger partial charge < -0.3 is 9.15 Å². The SMILES string of the molecule is C[C@H]1CCC[C@H](OC(=O)c2cc(-c3cc4ccccc4oc3=O)ccc2Cl)C1. The van der Waals surface area contributed by atoms with Crippen LogP contribution in [0, 0.1) is 5.92 Å². The molecule has 2 atom stereocenters. The molecule has 1 fully saturated rings. The van der Waals surface area contributed by atoms with Gasteiger partial charge in [0.05, 0.1) is 16.1 Å². The number of rotatable bonds is 3. The second-order valence-corrected chi connectivity index (χ2v) is 7.89. The van der Waals surface area contributed by atoms with Crippen LogP contribution in [0.25, 0.3) is 22.1 Å². The molecular formula is C23H21ClO4. The number of fused-ring (bicyclic) bond motifs is 1. The predicted octanol–water partition coefficient (Wildman–Crippen LogP) is 5.85. The number of para-hydroxylation sites is 1. The van der Waals surface area contributed by atoms with E-state index in [9.17, 15) is 9.59 Å². The van der Waals surface area contributed by atoms with Gasteiger partial charge in [-0.1, -0.05) is 49.2 Å². The van der Waals surface area contributed by atoms with Gasteiger partial charge in [-0.25, -0.2) is 9.59 Å². The maximum absolute atomic E-state index is 12.7. The highest BCUT2D eigenvalue weighted by Crippen LogP contribution is 2.29. The first-order valence-electron chi connectivity index (χ1n) is 9.55. The minimum Gasteiger partial charge on any atom is -0.459 e. The number of halogens is 1. The molecule has 0 amide bonds. The monoisotopic (exact) mass is 396 g/mol. The number of benzene rings is 2. The zero-order valence-corrected chi connectivity index (χ0v) is 16.4. The molecular weight excluding hydrogens is 376 g/mol. The van der Waals surface area contributed by atoms with Crippen LogP contribution in [0.1, 0.15) is 43.0 Å². The van der Waals surface area contributed by atoms with Crippen LogP contribution in [0.15, 0.2) is 57.7 Å². The van der Waals surface area contributed by atoms with Gasteiger partial charge in [0, 0.05) is 5.39 Å². The van der Waals surface area contributed by atoms with E-state index >= 15 is 0 Å². The first kappa shape index (κ1) is 18.8. The summed E-state index contributed by atoms with van der Waals surface area (Å²) in [4.78, 5) is 25.1. The molecule has 0 N–H and O–H groups in total. The highest BCUT2D eigenvalue weighted by atomic mass is 35.5. The standard InChI is InChI=1S/C23H21ClO4/c1-14-5-4-7-17(11-14)27-23(26)19-12-15(9-10-20(19)24)18-13-16-6-2-3-8-21(16)28-22(18)25/h2-3,6,8-10,12-14,17H,4-5,7,11H2,1H3/t14-,17-/m0/s1. The topological polar surface area (TPSA) is 56.5 Å². The van der Waals surface area contributed by atoms with Crippen molar-refractivity contribution < 1.29 is 13.9 Å². The van der Waals surface area contributed by atoms with E-state index in [1.54, 1.807) is 30.3 Å². The van der Waals surface area contributed by atoms with Crippen molar-refractivity contribution >= 4 is 28.5 Å². The highest BCUT2D eigenvalue weighted by molar-refractivity contribution is 6.33. The Labute approximate surface area is 168 Å². The number of hydrogen-bond acceptors (Lipinski definition) is 4. The fourth-order valence-corrected chi connectivity index (χ4v) is 4.01. The summed E-state index contributed by atoms with van der Waals surface area (Å²) >= 11 is 6.26. The molecule has 3 aromatic rings. The number of ether oxygens (including phenoxy) is 1. The molecule has 0 spiro atoms. The molecule has 2 aromatic carbocycles. The number of carbonyl (C=O) groups is 1. The van der Waals surface area contributed by atoms with Crippen molar-refractivity contribution in [1.29, 1.82) is 0 Å². The maximum Gasteiger partial charge on any atom is 0.344 e. The lowest BCUT2D eigenvalue weighted by Gasteiger charge is -2.26. The first-order chi connectivity index (χ1) is 13.5. The van der Waals surface area contributed by atoms with E-state index in [1.165, 1.54) is 6.42 Å². The Kier molecular flexibility index (Phi) is 5.23. The Morgan fingerprint density at radius 3 is 2.79 bits per heavy atom. The smallest absolute Gasteiger partial charge is 0.344 e. The van der Waals surface area contributed by atoms with Crippen LogP contribution in [0.4, 0.5) is 0 Å². The molecule has 5 heteroatoms. The van der Waals surface area contributed by atoms with Crippen molar-refractivity contribution in [2.45, 2.75) is 38.7 Å². The average Bonchev–Trinajstić information content (AvgIpc) is 2.68. The quantitative estimate of drug-likeness (QED) is 0.411. The van der Waals surface area contributed by atoms with Gasteiger partial charge in [-0.15, -0.1) is 0 Å². The summed E-state index contributed by atoms with van der Waals surface area (Å²) in [5.41, 5.74) is 1.30. The van der Waals surface area contributed by atoms with E-state index in [-0.39, 0.29) is 11.7 Å². The molecule has 0 unspecified atom stereocenters. The van der Waals surface area contributed by atoms with E-state index in [0.29, 0.717) is 27.7 Å². The molecule has 4 nitrogen and oxygen atoms in total. The Balaban J connectivity index is 1.66. The summed E-state index contributed by atoms with van der Waals surface area (Å²) in [5, 5.41) is 1.12. The van der Waals surface area contributed by atoms with Crippen molar-refractivity contribution in [2.24, 2.45) is 5.92 Å². The lowest BCUT2D eigenvalue weighted by molar-refractivity contribution is 0.0155. The third-order valence-electron chi connectivity index (χ3n) is 5.30. The van der Waals surface area contributed by atoms with Gasteiger partial charge in [-0.2, -0.15) is 0 Å². The zero-order chi connectivity index (χ0) is 19.7. The number of carbonyl (C=O) groups excluding carboxylic acids is 1. The molecule has 1 aliphatic carbocycles. The van der Waals surface area contributed by atoms with Gasteiger partial charge in [-0.3, -0.25) is 0 Å². The molecule has 1 saturated carbocycles. The van der Waals surface area contributed by atoms with Crippen molar-refractivity contribution in [3.63, 3.8) is 0 Å². The van der Waals surface area contributed by atoms with E-state index in [1.807, 2.05) is 18.2 Å². The van der Waals surface area contributed by atoms with Gasteiger partial charge in [0.25, 0.3) is 0 Å². The maximum atomic E-state index is 12.7. The zero-order valence-electron chi connectivity index (χ0n) is 15.6. The van der Waals surface area contributed by atoms with Crippen molar-refractivity contribution in [2.75, 3.05) is 0 Å². The Morgan fingerprint density at radius 2 is 1.96 bits per heavy atom. The first-order valence-corrected chi connectivity index (χ1v) is 9.93. The summed E-state index contributed by atoms with van der Waals surface area (Å²) in [6.07, 6.45) is 3.90. The minimum absolute atomic E-state index is 0.0817. The fourth-order valence-electron chi connectivity index (χ4n) is 3.81. The molecule has 28 heavy (non-hydrogen) atoms. The van der Waals surface area contributed by atoms with Gasteiger partial charge >= 0.3 is 11.6 Å². The van der Waals surface area contributed by atoms with Crippen LogP contribution in [0.3, 0.4) is 0 Å². The van der Waals surface area contributed by atoms with Crippen LogP contribution >= 0.6 is 11.6 Å². The molecule has 0 bridgehead atoms. The Bertz CT molecular complexity index is 1090. The number of esters is 1. The van der Waals surface area contributed by atoms with Crippen LogP contribution in [0.2, 0.25) is 5.02 Å². The highest BCUT2D eigenvalue weighted by Gasteiger charge is 2.24. The van der Waals surface area contributed by atoms with E-state index in [0.717, 1.165) is 24.6 Å². The van der Waals surface area contributed by atoms with Gasteiger partial charge in [0.1, 0.15) is 11.7 Å². The molecule has 0 aliphatic heterocycles. The van der Waals surface area contributed by atoms with Crippen LogP contribution in [-0.2, 0) is 4.74 Å². The van der Waals surface area contributed by atoms with Gasteiger partial charge in [0.15, 0.2) is 0 Å². The minimum atomic E-state index is -0.457. The summed E-state index contributed by atoms with van der Waals surface area (Å²) in [5.74, 6) is 0.103. The van der Waals surface area contributed by atoms with Crippen LogP contribution < -0.4 is 5.63 Å². The summed E-state index contributed by atoms with van der Waals surface area (Å²) in [6.45, 7) is 2.17. The van der Waals surface area contributed by atoms with Gasteiger partial charge in [0.2, 0.25) is 0 Å². The second-order valence-electron chi connectivity index (χ2n) is 7.48. The number of hydrogen-bond donors (Lipinski definition) is 0. The summed E-state index contributed by atoms with van der Waals surface area (Å²) in [7, 11) is 0. The van der Waals surface area contributed by atoms with E-state index in [4.69, 9.17) is 20.8 Å². The largest absolute Gasteiger partial charge is 0.459 e. The molecule has 1 heterocycles. The predicted molar refractivity (Wildman–Crippen MR) is 110 cm³/mol. The van der Waals surface area contributed by atoms with E-state index in [2.05, 4.69) is 6.92 Å². The normalized spacial score (nSPS) is 19.5. The van der Waals surface area contributed by atoms with Crippen LogP contribution in [0.5, 0.6) is 0 Å². The van der Waals surface area contributed by atoms with Crippen LogP contribution in [-0.4, -0.2) is 12.1 Å². The van der Waals surface area contributed by atoms with E-state index < -0.39 is 11.6 Å². The van der Waals surface area contributed by atoms with Crippen molar-refractivity contribution in [3.8, 4) is 11.1 Å². The van der Waals surface area contributed by atoms with Gasteiger partial charge in [-0.05, 0) is 55.0 Å². The average molecular weight is 397 g/mol. The summed E-state index contributed by atoms with van der Waals surface area (Å²) in [6, 6.07) is 14.0. The lowest BCUT2D eigenvalue weighted by atomic mass is 9.89. The third-order valence-corrected chi connectivity index (χ3v) is 5.63. The summed E-state index contributed by atoms with van der Waals surface area (Å²) < 4.78 is 11.1.